The van der Waals surface area contributed by atoms with Crippen molar-refractivity contribution < 1.29 is 14.3 Å². The van der Waals surface area contributed by atoms with Crippen molar-refractivity contribution in [2.75, 3.05) is 18.5 Å². The minimum Gasteiger partial charge on any atom is -0.490 e. The number of aryl methyl sites for hydroxylation is 1. The lowest BCUT2D eigenvalue weighted by atomic mass is 10.1. The van der Waals surface area contributed by atoms with Gasteiger partial charge in [-0.1, -0.05) is 6.42 Å². The van der Waals surface area contributed by atoms with Gasteiger partial charge in [-0.15, -0.1) is 23.1 Å². The van der Waals surface area contributed by atoms with Gasteiger partial charge in [0.05, 0.1) is 24.0 Å². The second-order valence-electron chi connectivity index (χ2n) is 7.29. The zero-order chi connectivity index (χ0) is 20.2. The van der Waals surface area contributed by atoms with Crippen molar-refractivity contribution in [2.24, 2.45) is 0 Å². The molecule has 1 amide bonds. The molecule has 29 heavy (non-hydrogen) atoms. The summed E-state index contributed by atoms with van der Waals surface area (Å²) in [4.78, 5) is 15.0. The highest BCUT2D eigenvalue weighted by atomic mass is 32.2. The maximum atomic E-state index is 12.8. The number of carbonyl (C=O) groups is 1. The maximum Gasteiger partial charge on any atom is 0.238 e. The Morgan fingerprint density at radius 1 is 1.17 bits per heavy atom. The van der Waals surface area contributed by atoms with Gasteiger partial charge in [0.1, 0.15) is 11.1 Å². The van der Waals surface area contributed by atoms with E-state index in [1.165, 1.54) is 23.1 Å². The number of anilines is 1. The Morgan fingerprint density at radius 3 is 2.79 bits per heavy atom. The molecule has 2 heterocycles. The van der Waals surface area contributed by atoms with E-state index in [9.17, 15) is 10.1 Å². The summed E-state index contributed by atoms with van der Waals surface area (Å²) < 4.78 is 11.4. The number of benzene rings is 1. The summed E-state index contributed by atoms with van der Waals surface area (Å²) >= 11 is 3.05. The molecule has 4 rings (SSSR count). The van der Waals surface area contributed by atoms with E-state index in [-0.39, 0.29) is 11.2 Å². The van der Waals surface area contributed by atoms with Crippen molar-refractivity contribution in [1.82, 2.24) is 0 Å². The van der Waals surface area contributed by atoms with Gasteiger partial charge in [-0.25, -0.2) is 0 Å². The fourth-order valence-electron chi connectivity index (χ4n) is 3.64. The van der Waals surface area contributed by atoms with E-state index < -0.39 is 0 Å². The van der Waals surface area contributed by atoms with Gasteiger partial charge in [0, 0.05) is 16.2 Å². The van der Waals surface area contributed by atoms with Crippen LogP contribution in [-0.2, 0) is 17.6 Å². The number of rotatable bonds is 4. The van der Waals surface area contributed by atoms with Crippen LogP contribution in [0.2, 0.25) is 0 Å². The second-order valence-corrected chi connectivity index (χ2v) is 9.81. The predicted octanol–water partition coefficient (Wildman–Crippen LogP) is 5.17. The predicted molar refractivity (Wildman–Crippen MR) is 116 cm³/mol. The molecule has 1 aliphatic carbocycles. The molecule has 1 aromatic carbocycles. The number of fused-ring (bicyclic) bond motifs is 2. The van der Waals surface area contributed by atoms with Crippen molar-refractivity contribution in [1.29, 1.82) is 5.26 Å². The number of amides is 1. The average molecular weight is 429 g/mol. The molecule has 5 nitrogen and oxygen atoms in total. The first-order chi connectivity index (χ1) is 14.2. The quantitative estimate of drug-likeness (QED) is 0.537. The monoisotopic (exact) mass is 428 g/mol. The van der Waals surface area contributed by atoms with Crippen LogP contribution in [0.15, 0.2) is 23.1 Å². The number of ether oxygens (including phenoxy) is 2. The SMILES string of the molecule is CC(Sc1ccc2c(c1)OCCCO2)C(=O)Nc1sc2c(c1C#N)CCCCC2. The number of hydrogen-bond donors (Lipinski definition) is 1. The molecule has 7 heteroatoms. The molecule has 1 unspecified atom stereocenters. The van der Waals surface area contributed by atoms with Crippen LogP contribution in [0.25, 0.3) is 0 Å². The first kappa shape index (κ1) is 20.1. The van der Waals surface area contributed by atoms with Crippen LogP contribution in [0.4, 0.5) is 5.00 Å². The third-order valence-corrected chi connectivity index (χ3v) is 7.47. The number of thioether (sulfide) groups is 1. The van der Waals surface area contributed by atoms with Gasteiger partial charge < -0.3 is 14.8 Å². The van der Waals surface area contributed by atoms with Crippen LogP contribution in [0.1, 0.15) is 48.6 Å². The minimum atomic E-state index is -0.298. The topological polar surface area (TPSA) is 71.3 Å². The normalized spacial score (nSPS) is 16.7. The minimum absolute atomic E-state index is 0.0879. The van der Waals surface area contributed by atoms with Crippen LogP contribution in [0.5, 0.6) is 11.5 Å². The molecular formula is C22H24N2O3S2. The highest BCUT2D eigenvalue weighted by Gasteiger charge is 2.23. The zero-order valence-corrected chi connectivity index (χ0v) is 18.1. The molecule has 1 aliphatic heterocycles. The Hall–Kier alpha value is -2.17. The van der Waals surface area contributed by atoms with Crippen molar-refractivity contribution in [3.63, 3.8) is 0 Å². The van der Waals surface area contributed by atoms with E-state index in [0.717, 1.165) is 54.1 Å². The van der Waals surface area contributed by atoms with E-state index >= 15 is 0 Å². The Balaban J connectivity index is 1.45. The van der Waals surface area contributed by atoms with Gasteiger partial charge in [0.25, 0.3) is 0 Å². The van der Waals surface area contributed by atoms with Gasteiger partial charge in [0.15, 0.2) is 11.5 Å². The zero-order valence-electron chi connectivity index (χ0n) is 16.5. The molecule has 0 bridgehead atoms. The number of thiophene rings is 1. The Kier molecular flexibility index (Phi) is 6.31. The summed E-state index contributed by atoms with van der Waals surface area (Å²) in [5.74, 6) is 1.39. The third-order valence-electron chi connectivity index (χ3n) is 5.17. The number of nitrogens with one attached hydrogen (secondary N) is 1. The molecule has 0 spiro atoms. The fourth-order valence-corrected chi connectivity index (χ4v) is 5.78. The molecule has 0 saturated heterocycles. The first-order valence-corrected chi connectivity index (χ1v) is 11.8. The molecule has 1 atom stereocenters. The lowest BCUT2D eigenvalue weighted by Gasteiger charge is -2.13. The van der Waals surface area contributed by atoms with Crippen LogP contribution in [-0.4, -0.2) is 24.4 Å². The second kappa shape index (κ2) is 9.10. The van der Waals surface area contributed by atoms with Crippen molar-refractivity contribution in [3.05, 3.63) is 34.2 Å². The molecule has 2 aliphatic rings. The molecule has 1 aromatic heterocycles. The van der Waals surface area contributed by atoms with Crippen molar-refractivity contribution in [3.8, 4) is 17.6 Å². The number of carbonyl (C=O) groups excluding carboxylic acids is 1. The summed E-state index contributed by atoms with van der Waals surface area (Å²) in [6.45, 7) is 3.18. The molecule has 2 aromatic rings. The largest absolute Gasteiger partial charge is 0.490 e. The van der Waals surface area contributed by atoms with Gasteiger partial charge in [-0.3, -0.25) is 4.79 Å². The standard InChI is InChI=1S/C22H24N2O3S2/c1-14(28-15-8-9-18-19(12-15)27-11-5-10-26-18)21(25)24-22-17(13-23)16-6-3-2-4-7-20(16)29-22/h8-9,12,14H,2-7,10-11H2,1H3,(H,24,25). The summed E-state index contributed by atoms with van der Waals surface area (Å²) in [6, 6.07) is 8.11. The molecule has 0 saturated carbocycles. The summed E-state index contributed by atoms with van der Waals surface area (Å²) in [5.41, 5.74) is 1.81. The van der Waals surface area contributed by atoms with E-state index in [0.29, 0.717) is 23.8 Å². The number of hydrogen-bond acceptors (Lipinski definition) is 6. The highest BCUT2D eigenvalue weighted by Crippen LogP contribution is 2.38. The first-order valence-electron chi connectivity index (χ1n) is 10.1. The van der Waals surface area contributed by atoms with E-state index in [1.54, 1.807) is 11.3 Å². The summed E-state index contributed by atoms with van der Waals surface area (Å²) in [6.07, 6.45) is 6.28. The average Bonchev–Trinajstić information content (AvgIpc) is 2.91. The van der Waals surface area contributed by atoms with Crippen LogP contribution in [0.3, 0.4) is 0 Å². The van der Waals surface area contributed by atoms with Crippen molar-refractivity contribution in [2.45, 2.75) is 55.6 Å². The van der Waals surface area contributed by atoms with E-state index in [1.807, 2.05) is 25.1 Å². The van der Waals surface area contributed by atoms with Crippen molar-refractivity contribution >= 4 is 34.0 Å². The fraction of sp³-hybridized carbons (Fsp3) is 0.455. The van der Waals surface area contributed by atoms with Crippen LogP contribution >= 0.6 is 23.1 Å². The maximum absolute atomic E-state index is 12.8. The van der Waals surface area contributed by atoms with E-state index in [4.69, 9.17) is 9.47 Å². The molecule has 0 radical (unpaired) electrons. The lowest BCUT2D eigenvalue weighted by molar-refractivity contribution is -0.115. The van der Waals surface area contributed by atoms with E-state index in [2.05, 4.69) is 11.4 Å². The van der Waals surface area contributed by atoms with Crippen LogP contribution in [0, 0.1) is 11.3 Å². The van der Waals surface area contributed by atoms with Gasteiger partial charge >= 0.3 is 0 Å². The molecule has 0 fully saturated rings. The third kappa shape index (κ3) is 4.54. The highest BCUT2D eigenvalue weighted by molar-refractivity contribution is 8.00. The molecule has 152 valence electrons. The Labute approximate surface area is 179 Å². The van der Waals surface area contributed by atoms with Gasteiger partial charge in [0.2, 0.25) is 5.91 Å². The number of nitriles is 1. The van der Waals surface area contributed by atoms with Gasteiger partial charge in [-0.2, -0.15) is 5.26 Å². The Bertz CT molecular complexity index is 948. The molecule has 1 N–H and O–H groups in total. The summed E-state index contributed by atoms with van der Waals surface area (Å²) in [5, 5.41) is 13.1. The smallest absolute Gasteiger partial charge is 0.238 e. The number of nitrogens with zero attached hydrogens (tertiary/aromatic N) is 1. The lowest BCUT2D eigenvalue weighted by Crippen LogP contribution is -2.22. The van der Waals surface area contributed by atoms with Crippen LogP contribution < -0.4 is 14.8 Å². The Morgan fingerprint density at radius 2 is 1.97 bits per heavy atom. The van der Waals surface area contributed by atoms with Gasteiger partial charge in [-0.05, 0) is 56.4 Å². The molecular weight excluding hydrogens is 404 g/mol. The summed E-state index contributed by atoms with van der Waals surface area (Å²) in [7, 11) is 0.